The Balaban J connectivity index is 1.35. The minimum Gasteiger partial charge on any atom is -0.339 e. The summed E-state index contributed by atoms with van der Waals surface area (Å²) < 4.78 is 13.9. The van der Waals surface area contributed by atoms with Gasteiger partial charge >= 0.3 is 0 Å². The van der Waals surface area contributed by atoms with Crippen LogP contribution in [-0.4, -0.2) is 60.2 Å². The molecule has 1 atom stereocenters. The molecule has 0 spiro atoms. The number of carbonyl (C=O) groups is 3. The van der Waals surface area contributed by atoms with E-state index in [2.05, 4.69) is 0 Å². The molecule has 2 aromatic carbocycles. The van der Waals surface area contributed by atoms with E-state index in [-0.39, 0.29) is 35.6 Å². The predicted molar refractivity (Wildman–Crippen MR) is 106 cm³/mol. The lowest BCUT2D eigenvalue weighted by molar-refractivity contribution is -0.137. The molecule has 2 heterocycles. The third kappa shape index (κ3) is 3.85. The zero-order valence-corrected chi connectivity index (χ0v) is 16.0. The fourth-order valence-electron chi connectivity index (χ4n) is 3.92. The summed E-state index contributed by atoms with van der Waals surface area (Å²) in [5, 5.41) is 0. The molecule has 29 heavy (non-hydrogen) atoms. The molecule has 0 bridgehead atoms. The van der Waals surface area contributed by atoms with E-state index in [1.54, 1.807) is 26.8 Å². The highest BCUT2D eigenvalue weighted by Crippen LogP contribution is 2.26. The van der Waals surface area contributed by atoms with Crippen molar-refractivity contribution in [3.63, 3.8) is 0 Å². The zero-order chi connectivity index (χ0) is 20.4. The van der Waals surface area contributed by atoms with Crippen LogP contribution in [0.5, 0.6) is 0 Å². The lowest BCUT2D eigenvalue weighted by atomic mass is 10.1. The van der Waals surface area contributed by atoms with Gasteiger partial charge in [-0.25, -0.2) is 4.39 Å². The Bertz CT molecular complexity index is 926. The van der Waals surface area contributed by atoms with Crippen molar-refractivity contribution in [3.8, 4) is 0 Å². The number of nitrogens with zero attached hydrogens (tertiary/aromatic N) is 3. The van der Waals surface area contributed by atoms with Gasteiger partial charge in [-0.2, -0.15) is 0 Å². The van der Waals surface area contributed by atoms with Crippen LogP contribution in [0.4, 0.5) is 10.1 Å². The van der Waals surface area contributed by atoms with Gasteiger partial charge in [0.2, 0.25) is 11.8 Å². The van der Waals surface area contributed by atoms with Gasteiger partial charge in [-0.3, -0.25) is 14.4 Å². The van der Waals surface area contributed by atoms with Crippen molar-refractivity contribution in [1.29, 1.82) is 0 Å². The first-order chi connectivity index (χ1) is 14.0. The van der Waals surface area contributed by atoms with Gasteiger partial charge in [0.25, 0.3) is 5.91 Å². The number of anilines is 1. The first-order valence-corrected chi connectivity index (χ1v) is 9.72. The lowest BCUT2D eigenvalue weighted by Crippen LogP contribution is -2.52. The molecule has 4 rings (SSSR count). The first kappa shape index (κ1) is 19.1. The summed E-state index contributed by atoms with van der Waals surface area (Å²) >= 11 is 0. The van der Waals surface area contributed by atoms with E-state index in [0.717, 1.165) is 5.69 Å². The van der Waals surface area contributed by atoms with Gasteiger partial charge in [0.1, 0.15) is 5.82 Å². The molecule has 2 saturated heterocycles. The van der Waals surface area contributed by atoms with Crippen molar-refractivity contribution >= 4 is 23.4 Å². The van der Waals surface area contributed by atoms with E-state index < -0.39 is 5.82 Å². The Hall–Kier alpha value is -3.22. The maximum absolute atomic E-state index is 13.9. The summed E-state index contributed by atoms with van der Waals surface area (Å²) in [6.45, 7) is 1.84. The molecular formula is C22H22FN3O3. The average Bonchev–Trinajstić information content (AvgIpc) is 3.15. The largest absolute Gasteiger partial charge is 0.339 e. The topological polar surface area (TPSA) is 60.9 Å². The Morgan fingerprint density at radius 3 is 2.17 bits per heavy atom. The molecule has 2 fully saturated rings. The Morgan fingerprint density at radius 1 is 0.862 bits per heavy atom. The highest BCUT2D eigenvalue weighted by Gasteiger charge is 2.38. The molecule has 2 aromatic rings. The number of piperazine rings is 1. The van der Waals surface area contributed by atoms with E-state index in [1.165, 1.54) is 12.1 Å². The van der Waals surface area contributed by atoms with Gasteiger partial charge in [-0.15, -0.1) is 0 Å². The summed E-state index contributed by atoms with van der Waals surface area (Å²) in [7, 11) is 0. The van der Waals surface area contributed by atoms with E-state index in [9.17, 15) is 18.8 Å². The number of amides is 3. The number of benzene rings is 2. The van der Waals surface area contributed by atoms with E-state index in [1.807, 2.05) is 30.3 Å². The highest BCUT2D eigenvalue weighted by molar-refractivity contribution is 6.00. The van der Waals surface area contributed by atoms with Gasteiger partial charge < -0.3 is 14.7 Å². The fourth-order valence-corrected chi connectivity index (χ4v) is 3.92. The third-order valence-corrected chi connectivity index (χ3v) is 5.52. The van der Waals surface area contributed by atoms with Crippen LogP contribution < -0.4 is 4.90 Å². The minimum atomic E-state index is -0.540. The number of carbonyl (C=O) groups excluding carboxylic acids is 3. The summed E-state index contributed by atoms with van der Waals surface area (Å²) in [6.07, 6.45) is 0.197. The van der Waals surface area contributed by atoms with Crippen LogP contribution in [0.2, 0.25) is 0 Å². The normalized spacial score (nSPS) is 19.6. The SMILES string of the molecule is O=C(c1ccccc1F)N1CCN(C(=O)C2CC(=O)N(c3ccccc3)C2)CC1. The van der Waals surface area contributed by atoms with Crippen molar-refractivity contribution in [2.45, 2.75) is 6.42 Å². The molecular weight excluding hydrogens is 373 g/mol. The molecule has 0 aliphatic carbocycles. The van der Waals surface area contributed by atoms with Crippen LogP contribution in [0.1, 0.15) is 16.8 Å². The average molecular weight is 395 g/mol. The van der Waals surface area contributed by atoms with Crippen LogP contribution in [0.25, 0.3) is 0 Å². The first-order valence-electron chi connectivity index (χ1n) is 9.72. The van der Waals surface area contributed by atoms with Crippen molar-refractivity contribution in [2.24, 2.45) is 5.92 Å². The van der Waals surface area contributed by atoms with Gasteiger partial charge in [-0.1, -0.05) is 30.3 Å². The molecule has 7 heteroatoms. The number of hydrogen-bond acceptors (Lipinski definition) is 3. The van der Waals surface area contributed by atoms with Crippen molar-refractivity contribution in [1.82, 2.24) is 9.80 Å². The summed E-state index contributed by atoms with van der Waals surface area (Å²) in [5.74, 6) is -1.39. The summed E-state index contributed by atoms with van der Waals surface area (Å²) in [6, 6.07) is 15.2. The number of para-hydroxylation sites is 1. The second kappa shape index (κ2) is 8.03. The molecule has 150 valence electrons. The standard InChI is InChI=1S/C22H22FN3O3/c23-19-9-5-4-8-18(19)22(29)25-12-10-24(11-13-25)21(28)16-14-20(27)26(15-16)17-6-2-1-3-7-17/h1-9,16H,10-15H2. The third-order valence-electron chi connectivity index (χ3n) is 5.52. The van der Waals surface area contributed by atoms with Crippen molar-refractivity contribution in [2.75, 3.05) is 37.6 Å². The van der Waals surface area contributed by atoms with Crippen LogP contribution in [-0.2, 0) is 9.59 Å². The zero-order valence-electron chi connectivity index (χ0n) is 16.0. The molecule has 3 amide bonds. The molecule has 6 nitrogen and oxygen atoms in total. The molecule has 0 radical (unpaired) electrons. The van der Waals surface area contributed by atoms with Crippen LogP contribution in [0.3, 0.4) is 0 Å². The number of hydrogen-bond donors (Lipinski definition) is 0. The van der Waals surface area contributed by atoms with Gasteiger partial charge in [-0.05, 0) is 24.3 Å². The number of halogens is 1. The predicted octanol–water partition coefficient (Wildman–Crippen LogP) is 2.16. The summed E-state index contributed by atoms with van der Waals surface area (Å²) in [5.41, 5.74) is 0.847. The van der Waals surface area contributed by atoms with Gasteiger partial charge in [0.05, 0.1) is 11.5 Å². The fraction of sp³-hybridized carbons (Fsp3) is 0.318. The van der Waals surface area contributed by atoms with Crippen LogP contribution >= 0.6 is 0 Å². The van der Waals surface area contributed by atoms with Crippen molar-refractivity contribution < 1.29 is 18.8 Å². The van der Waals surface area contributed by atoms with Crippen LogP contribution in [0, 0.1) is 11.7 Å². The minimum absolute atomic E-state index is 0.0483. The van der Waals surface area contributed by atoms with Crippen molar-refractivity contribution in [3.05, 3.63) is 66.0 Å². The Morgan fingerprint density at radius 2 is 1.48 bits per heavy atom. The molecule has 0 aromatic heterocycles. The van der Waals surface area contributed by atoms with E-state index in [4.69, 9.17) is 0 Å². The monoisotopic (exact) mass is 395 g/mol. The van der Waals surface area contributed by atoms with Crippen LogP contribution in [0.15, 0.2) is 54.6 Å². The molecule has 0 saturated carbocycles. The second-order valence-electron chi connectivity index (χ2n) is 7.34. The second-order valence-corrected chi connectivity index (χ2v) is 7.34. The number of rotatable bonds is 3. The quantitative estimate of drug-likeness (QED) is 0.800. The molecule has 2 aliphatic rings. The Labute approximate surface area is 168 Å². The smallest absolute Gasteiger partial charge is 0.256 e. The molecule has 1 unspecified atom stereocenters. The molecule has 0 N–H and O–H groups in total. The lowest BCUT2D eigenvalue weighted by Gasteiger charge is -2.36. The van der Waals surface area contributed by atoms with E-state index >= 15 is 0 Å². The van der Waals surface area contributed by atoms with Gasteiger partial charge in [0.15, 0.2) is 0 Å². The highest BCUT2D eigenvalue weighted by atomic mass is 19.1. The van der Waals surface area contributed by atoms with Gasteiger partial charge in [0, 0.05) is 44.8 Å². The van der Waals surface area contributed by atoms with E-state index in [0.29, 0.717) is 32.7 Å². The Kier molecular flexibility index (Phi) is 5.29. The molecule has 2 aliphatic heterocycles. The maximum Gasteiger partial charge on any atom is 0.256 e. The summed E-state index contributed by atoms with van der Waals surface area (Å²) in [4.78, 5) is 42.7. The maximum atomic E-state index is 13.9.